The molecule has 0 aromatic heterocycles. The second-order valence-corrected chi connectivity index (χ2v) is 5.76. The Balaban J connectivity index is 2.11. The van der Waals surface area contributed by atoms with Crippen LogP contribution in [-0.4, -0.2) is 30.4 Å². The Kier molecular flexibility index (Phi) is 5.62. The number of nitrogens with zero attached hydrogens (tertiary/aromatic N) is 1. The van der Waals surface area contributed by atoms with Gasteiger partial charge in [-0.05, 0) is 30.4 Å². The van der Waals surface area contributed by atoms with Crippen molar-refractivity contribution in [3.05, 3.63) is 29.3 Å². The summed E-state index contributed by atoms with van der Waals surface area (Å²) in [6, 6.07) is 6.19. The van der Waals surface area contributed by atoms with Gasteiger partial charge in [0.2, 0.25) is 5.91 Å². The van der Waals surface area contributed by atoms with Gasteiger partial charge >= 0.3 is 0 Å². The zero-order chi connectivity index (χ0) is 15.2. The monoisotopic (exact) mass is 289 g/mol. The minimum Gasteiger partial charge on any atom is -0.384 e. The van der Waals surface area contributed by atoms with E-state index < -0.39 is 0 Å². The van der Waals surface area contributed by atoms with Crippen molar-refractivity contribution in [1.82, 2.24) is 4.90 Å². The number of para-hydroxylation sites is 1. The van der Waals surface area contributed by atoms with Crippen molar-refractivity contribution in [2.75, 3.05) is 25.0 Å². The maximum Gasteiger partial charge on any atom is 0.227 e. The van der Waals surface area contributed by atoms with E-state index in [1.54, 1.807) is 0 Å². The predicted octanol–water partition coefficient (Wildman–Crippen LogP) is 2.38. The summed E-state index contributed by atoms with van der Waals surface area (Å²) < 4.78 is 0. The number of anilines is 1. The summed E-state index contributed by atoms with van der Waals surface area (Å²) in [6.07, 6.45) is 2.85. The van der Waals surface area contributed by atoms with Crippen LogP contribution in [0.3, 0.4) is 0 Å². The van der Waals surface area contributed by atoms with E-state index >= 15 is 0 Å². The highest BCUT2D eigenvalue weighted by atomic mass is 16.2. The lowest BCUT2D eigenvalue weighted by Crippen LogP contribution is -2.42. The van der Waals surface area contributed by atoms with E-state index in [4.69, 9.17) is 5.73 Å². The first-order valence-corrected chi connectivity index (χ1v) is 8.04. The summed E-state index contributed by atoms with van der Waals surface area (Å²) in [5, 5.41) is 3.42. The van der Waals surface area contributed by atoms with Crippen LogP contribution in [0.15, 0.2) is 18.2 Å². The predicted molar refractivity (Wildman–Crippen MR) is 87.2 cm³/mol. The number of nitrogens with one attached hydrogen (secondary N) is 1. The quantitative estimate of drug-likeness (QED) is 0.845. The van der Waals surface area contributed by atoms with Gasteiger partial charge in [0.1, 0.15) is 0 Å². The fraction of sp³-hybridized carbons (Fsp3) is 0.588. The van der Waals surface area contributed by atoms with Gasteiger partial charge in [-0.2, -0.15) is 0 Å². The normalized spacial score (nSPS) is 17.0. The van der Waals surface area contributed by atoms with Gasteiger partial charge in [-0.1, -0.05) is 32.0 Å². The van der Waals surface area contributed by atoms with Crippen LogP contribution in [0.5, 0.6) is 0 Å². The molecule has 0 aliphatic carbocycles. The molecule has 1 aromatic rings. The number of rotatable bonds is 6. The zero-order valence-electron chi connectivity index (χ0n) is 13.2. The molecule has 1 aromatic carbocycles. The average molecular weight is 289 g/mol. The number of nitrogens with two attached hydrogens (primary N) is 1. The average Bonchev–Trinajstić information content (AvgIpc) is 2.52. The highest BCUT2D eigenvalue weighted by Crippen LogP contribution is 2.29. The molecule has 0 fully saturated rings. The molecule has 1 aliphatic rings. The molecule has 4 heteroatoms. The smallest absolute Gasteiger partial charge is 0.227 e. The number of hydrogen-bond acceptors (Lipinski definition) is 3. The first kappa shape index (κ1) is 15.8. The second-order valence-electron chi connectivity index (χ2n) is 5.76. The highest BCUT2D eigenvalue weighted by Gasteiger charge is 2.28. The summed E-state index contributed by atoms with van der Waals surface area (Å²) in [5.41, 5.74) is 9.28. The molecule has 1 unspecified atom stereocenters. The molecule has 0 saturated carbocycles. The standard InChI is InChI=1S/C17H27N3O/c1-3-8-20(9-4-2)17(21)15-10-13-6-5-7-14(11-18)16(13)19-12-15/h5-7,15,19H,3-4,8-12,18H2,1-2H3. The minimum atomic E-state index is 0.0450. The van der Waals surface area contributed by atoms with Gasteiger partial charge in [-0.15, -0.1) is 0 Å². The number of carbonyl (C=O) groups is 1. The number of carbonyl (C=O) groups excluding carboxylic acids is 1. The van der Waals surface area contributed by atoms with Crippen molar-refractivity contribution in [2.45, 2.75) is 39.7 Å². The summed E-state index contributed by atoms with van der Waals surface area (Å²) in [4.78, 5) is 14.7. The van der Waals surface area contributed by atoms with Crippen LogP contribution in [-0.2, 0) is 17.8 Å². The molecule has 4 nitrogen and oxygen atoms in total. The Morgan fingerprint density at radius 1 is 1.33 bits per heavy atom. The molecular formula is C17H27N3O. The Hall–Kier alpha value is -1.55. The molecule has 0 bridgehead atoms. The van der Waals surface area contributed by atoms with Crippen LogP contribution < -0.4 is 11.1 Å². The summed E-state index contributed by atoms with van der Waals surface area (Å²) in [5.74, 6) is 0.332. The minimum absolute atomic E-state index is 0.0450. The van der Waals surface area contributed by atoms with Crippen molar-refractivity contribution in [1.29, 1.82) is 0 Å². The lowest BCUT2D eigenvalue weighted by Gasteiger charge is -2.31. The molecule has 2 rings (SSSR count). The Morgan fingerprint density at radius 2 is 2.05 bits per heavy atom. The van der Waals surface area contributed by atoms with Crippen molar-refractivity contribution in [2.24, 2.45) is 11.7 Å². The lowest BCUT2D eigenvalue weighted by atomic mass is 9.90. The van der Waals surface area contributed by atoms with Crippen LogP contribution >= 0.6 is 0 Å². The molecular weight excluding hydrogens is 262 g/mol. The van der Waals surface area contributed by atoms with Gasteiger partial charge in [-0.3, -0.25) is 4.79 Å². The second kappa shape index (κ2) is 7.46. The van der Waals surface area contributed by atoms with Crippen molar-refractivity contribution < 1.29 is 4.79 Å². The van der Waals surface area contributed by atoms with E-state index in [1.165, 1.54) is 5.56 Å². The third-order valence-corrected chi connectivity index (χ3v) is 4.10. The van der Waals surface area contributed by atoms with Gasteiger partial charge in [0, 0.05) is 31.9 Å². The van der Waals surface area contributed by atoms with Gasteiger partial charge in [0.15, 0.2) is 0 Å². The SMILES string of the molecule is CCCN(CCC)C(=O)C1CNc2c(CN)cccc2C1. The van der Waals surface area contributed by atoms with Crippen molar-refractivity contribution in [3.8, 4) is 0 Å². The maximum atomic E-state index is 12.7. The molecule has 0 saturated heterocycles. The molecule has 21 heavy (non-hydrogen) atoms. The van der Waals surface area contributed by atoms with Gasteiger partial charge in [-0.25, -0.2) is 0 Å². The van der Waals surface area contributed by atoms with Crippen LogP contribution in [0.4, 0.5) is 5.69 Å². The maximum absolute atomic E-state index is 12.7. The van der Waals surface area contributed by atoms with E-state index in [0.29, 0.717) is 13.1 Å². The van der Waals surface area contributed by atoms with Gasteiger partial charge < -0.3 is 16.0 Å². The van der Waals surface area contributed by atoms with E-state index in [1.807, 2.05) is 11.0 Å². The zero-order valence-corrected chi connectivity index (χ0v) is 13.2. The fourth-order valence-electron chi connectivity index (χ4n) is 3.09. The number of amides is 1. The summed E-state index contributed by atoms with van der Waals surface area (Å²) in [7, 11) is 0. The largest absolute Gasteiger partial charge is 0.384 e. The third kappa shape index (κ3) is 3.56. The molecule has 0 spiro atoms. The fourth-order valence-corrected chi connectivity index (χ4v) is 3.09. The van der Waals surface area contributed by atoms with Gasteiger partial charge in [0.05, 0.1) is 5.92 Å². The van der Waals surface area contributed by atoms with Crippen LogP contribution in [0.25, 0.3) is 0 Å². The van der Waals surface area contributed by atoms with E-state index in [-0.39, 0.29) is 11.8 Å². The highest BCUT2D eigenvalue weighted by molar-refractivity contribution is 5.81. The molecule has 3 N–H and O–H groups in total. The van der Waals surface area contributed by atoms with E-state index in [9.17, 15) is 4.79 Å². The molecule has 0 radical (unpaired) electrons. The first-order valence-electron chi connectivity index (χ1n) is 8.04. The number of fused-ring (bicyclic) bond motifs is 1. The number of hydrogen-bond donors (Lipinski definition) is 2. The van der Waals surface area contributed by atoms with Gasteiger partial charge in [0.25, 0.3) is 0 Å². The topological polar surface area (TPSA) is 58.4 Å². The summed E-state index contributed by atoms with van der Waals surface area (Å²) in [6.45, 7) is 7.22. The molecule has 116 valence electrons. The van der Waals surface area contributed by atoms with Crippen LogP contribution in [0.2, 0.25) is 0 Å². The lowest BCUT2D eigenvalue weighted by molar-refractivity contribution is -0.135. The number of benzene rings is 1. The molecule has 1 amide bonds. The Bertz CT molecular complexity index is 481. The molecule has 1 aliphatic heterocycles. The van der Waals surface area contributed by atoms with Crippen molar-refractivity contribution in [3.63, 3.8) is 0 Å². The first-order chi connectivity index (χ1) is 10.2. The van der Waals surface area contributed by atoms with Crippen molar-refractivity contribution >= 4 is 11.6 Å². The van der Waals surface area contributed by atoms with E-state index in [0.717, 1.165) is 43.6 Å². The third-order valence-electron chi connectivity index (χ3n) is 4.10. The molecule has 1 atom stereocenters. The molecule has 1 heterocycles. The Labute approximate surface area is 127 Å². The Morgan fingerprint density at radius 3 is 2.67 bits per heavy atom. The van der Waals surface area contributed by atoms with Crippen LogP contribution in [0.1, 0.15) is 37.8 Å². The van der Waals surface area contributed by atoms with E-state index in [2.05, 4.69) is 31.3 Å². The van der Waals surface area contributed by atoms with Crippen LogP contribution in [0, 0.1) is 5.92 Å². The summed E-state index contributed by atoms with van der Waals surface area (Å²) >= 11 is 0.